The highest BCUT2D eigenvalue weighted by Gasteiger charge is 2.33. The largest absolute Gasteiger partial charge is 0.573 e. The van der Waals surface area contributed by atoms with Crippen LogP contribution in [0.25, 0.3) is 11.1 Å². The van der Waals surface area contributed by atoms with Crippen molar-refractivity contribution in [2.75, 3.05) is 0 Å². The monoisotopic (exact) mass is 327 g/mol. The van der Waals surface area contributed by atoms with E-state index < -0.39 is 46.0 Å². The van der Waals surface area contributed by atoms with Crippen LogP contribution < -0.4 is 4.74 Å². The molecule has 1 aromatic heterocycles. The van der Waals surface area contributed by atoms with Gasteiger partial charge in [-0.3, -0.25) is 0 Å². The summed E-state index contributed by atoms with van der Waals surface area (Å²) in [5.74, 6) is -5.91. The molecule has 0 amide bonds. The number of rotatable bonds is 2. The van der Waals surface area contributed by atoms with Crippen molar-refractivity contribution in [1.29, 1.82) is 0 Å². The molecule has 0 saturated heterocycles. The maximum atomic E-state index is 13.7. The van der Waals surface area contributed by atoms with E-state index in [9.17, 15) is 26.3 Å². The zero-order chi connectivity index (χ0) is 15.8. The molecule has 0 saturated carbocycles. The number of alkyl halides is 3. The molecule has 0 fully saturated rings. The van der Waals surface area contributed by atoms with E-state index in [4.69, 9.17) is 11.6 Å². The second kappa shape index (κ2) is 5.44. The molecule has 1 heterocycles. The number of halogens is 7. The van der Waals surface area contributed by atoms with Crippen LogP contribution in [0.5, 0.6) is 5.75 Å². The Balaban J connectivity index is 2.69. The van der Waals surface area contributed by atoms with Crippen molar-refractivity contribution in [1.82, 2.24) is 4.98 Å². The van der Waals surface area contributed by atoms with E-state index in [0.29, 0.717) is 0 Å². The highest BCUT2D eigenvalue weighted by molar-refractivity contribution is 6.33. The number of aromatic nitrogens is 1. The normalized spacial score (nSPS) is 11.6. The van der Waals surface area contributed by atoms with Crippen LogP contribution in [0.15, 0.2) is 24.3 Å². The van der Waals surface area contributed by atoms with E-state index in [1.165, 1.54) is 12.1 Å². The molecule has 0 aliphatic carbocycles. The molecule has 0 aliphatic rings. The Labute approximate surface area is 118 Å². The molecule has 0 aliphatic heterocycles. The number of ether oxygens (including phenoxy) is 1. The number of nitrogens with zero attached hydrogens (tertiary/aromatic N) is 1. The van der Waals surface area contributed by atoms with Gasteiger partial charge in [-0.15, -0.1) is 13.2 Å². The summed E-state index contributed by atoms with van der Waals surface area (Å²) in [6.07, 6.45) is -5.07. The number of para-hydroxylation sites is 1. The van der Waals surface area contributed by atoms with Gasteiger partial charge < -0.3 is 4.74 Å². The molecule has 0 unspecified atom stereocenters. The Morgan fingerprint density at radius 2 is 1.62 bits per heavy atom. The van der Waals surface area contributed by atoms with Crippen molar-refractivity contribution in [2.45, 2.75) is 6.36 Å². The van der Waals surface area contributed by atoms with Crippen LogP contribution in [-0.2, 0) is 0 Å². The fourth-order valence-corrected chi connectivity index (χ4v) is 1.84. The maximum absolute atomic E-state index is 13.7. The number of pyridine rings is 1. The molecule has 2 aromatic rings. The van der Waals surface area contributed by atoms with Gasteiger partial charge in [-0.05, 0) is 6.07 Å². The molecular weight excluding hydrogens is 324 g/mol. The summed E-state index contributed by atoms with van der Waals surface area (Å²) in [5, 5.41) is -0.952. The van der Waals surface area contributed by atoms with E-state index >= 15 is 0 Å². The van der Waals surface area contributed by atoms with Crippen LogP contribution >= 0.6 is 11.6 Å². The molecule has 9 heteroatoms. The summed E-state index contributed by atoms with van der Waals surface area (Å²) < 4.78 is 80.7. The third-order valence-corrected chi connectivity index (χ3v) is 2.72. The lowest BCUT2D eigenvalue weighted by atomic mass is 10.1. The number of hydrogen-bond donors (Lipinski definition) is 0. The average Bonchev–Trinajstić information content (AvgIpc) is 2.37. The summed E-state index contributed by atoms with van der Waals surface area (Å²) in [4.78, 5) is 2.56. The summed E-state index contributed by atoms with van der Waals surface area (Å²) in [6.45, 7) is 0. The molecule has 2 rings (SSSR count). The molecular formula is C12H4ClF6NO. The first-order chi connectivity index (χ1) is 9.70. The van der Waals surface area contributed by atoms with Crippen LogP contribution in [0.4, 0.5) is 26.3 Å². The molecule has 0 spiro atoms. The highest BCUT2D eigenvalue weighted by Crippen LogP contribution is 2.39. The number of hydrogen-bond acceptors (Lipinski definition) is 2. The standard InChI is InChI=1S/C12H4ClF6NO/c13-8-7(9(14)11(16)20-10(8)15)5-3-1-2-4-6(5)21-12(17,18)19/h1-4H. The first-order valence-corrected chi connectivity index (χ1v) is 5.63. The van der Waals surface area contributed by atoms with E-state index in [-0.39, 0.29) is 0 Å². The van der Waals surface area contributed by atoms with Crippen molar-refractivity contribution in [3.8, 4) is 16.9 Å². The Hall–Kier alpha value is -1.96. The first kappa shape index (κ1) is 15.4. The second-order valence-electron chi connectivity index (χ2n) is 3.74. The summed E-state index contributed by atoms with van der Waals surface area (Å²) in [5.41, 5.74) is -1.46. The number of benzene rings is 1. The SMILES string of the molecule is Fc1nc(F)c(Cl)c(-c2ccccc2OC(F)(F)F)c1F. The highest BCUT2D eigenvalue weighted by atomic mass is 35.5. The van der Waals surface area contributed by atoms with Gasteiger partial charge in [-0.1, -0.05) is 29.8 Å². The minimum absolute atomic E-state index is 0.558. The molecule has 2 nitrogen and oxygen atoms in total. The Morgan fingerprint density at radius 3 is 2.24 bits per heavy atom. The lowest BCUT2D eigenvalue weighted by molar-refractivity contribution is -0.274. The Kier molecular flexibility index (Phi) is 3.99. The topological polar surface area (TPSA) is 22.1 Å². The zero-order valence-corrected chi connectivity index (χ0v) is 10.6. The fourth-order valence-electron chi connectivity index (χ4n) is 1.61. The van der Waals surface area contributed by atoms with Crippen LogP contribution in [0.2, 0.25) is 5.02 Å². The molecule has 1 aromatic carbocycles. The Morgan fingerprint density at radius 1 is 1.00 bits per heavy atom. The molecule has 0 bridgehead atoms. The summed E-state index contributed by atoms with van der Waals surface area (Å²) in [7, 11) is 0. The van der Waals surface area contributed by atoms with Crippen molar-refractivity contribution in [2.24, 2.45) is 0 Å². The lowest BCUT2D eigenvalue weighted by Gasteiger charge is -2.14. The maximum Gasteiger partial charge on any atom is 0.573 e. The fraction of sp³-hybridized carbons (Fsp3) is 0.0833. The quantitative estimate of drug-likeness (QED) is 0.588. The van der Waals surface area contributed by atoms with Gasteiger partial charge >= 0.3 is 6.36 Å². The predicted molar refractivity (Wildman–Crippen MR) is 61.2 cm³/mol. The van der Waals surface area contributed by atoms with Gasteiger partial charge in [0.25, 0.3) is 5.95 Å². The first-order valence-electron chi connectivity index (χ1n) is 5.26. The third kappa shape index (κ3) is 3.21. The van der Waals surface area contributed by atoms with Crippen LogP contribution in [0.1, 0.15) is 0 Å². The minimum atomic E-state index is -5.07. The van der Waals surface area contributed by atoms with Gasteiger partial charge in [-0.2, -0.15) is 13.8 Å². The van der Waals surface area contributed by atoms with Gasteiger partial charge in [0.2, 0.25) is 5.95 Å². The van der Waals surface area contributed by atoms with Crippen molar-refractivity contribution in [3.05, 3.63) is 47.0 Å². The molecule has 112 valence electrons. The van der Waals surface area contributed by atoms with E-state index in [2.05, 4.69) is 9.72 Å². The average molecular weight is 328 g/mol. The van der Waals surface area contributed by atoms with Crippen molar-refractivity contribution >= 4 is 11.6 Å². The molecule has 0 radical (unpaired) electrons. The van der Waals surface area contributed by atoms with Gasteiger partial charge in [0, 0.05) is 11.1 Å². The smallest absolute Gasteiger partial charge is 0.405 e. The summed E-state index contributed by atoms with van der Waals surface area (Å²) >= 11 is 5.47. The van der Waals surface area contributed by atoms with E-state index in [0.717, 1.165) is 12.1 Å². The van der Waals surface area contributed by atoms with Gasteiger partial charge in [0.1, 0.15) is 10.8 Å². The molecule has 0 N–H and O–H groups in total. The summed E-state index contributed by atoms with van der Waals surface area (Å²) in [6, 6.07) is 4.23. The van der Waals surface area contributed by atoms with Crippen molar-refractivity contribution < 1.29 is 31.1 Å². The van der Waals surface area contributed by atoms with Crippen LogP contribution in [0.3, 0.4) is 0 Å². The zero-order valence-electron chi connectivity index (χ0n) is 9.81. The van der Waals surface area contributed by atoms with E-state index in [1.807, 2.05) is 0 Å². The van der Waals surface area contributed by atoms with E-state index in [1.54, 1.807) is 0 Å². The lowest BCUT2D eigenvalue weighted by Crippen LogP contribution is -2.17. The minimum Gasteiger partial charge on any atom is -0.405 e. The van der Waals surface area contributed by atoms with Gasteiger partial charge in [0.05, 0.1) is 0 Å². The van der Waals surface area contributed by atoms with Crippen LogP contribution in [0, 0.1) is 17.7 Å². The van der Waals surface area contributed by atoms with Gasteiger partial charge in [0.15, 0.2) is 5.82 Å². The Bertz CT molecular complexity index is 662. The predicted octanol–water partition coefficient (Wildman–Crippen LogP) is 4.72. The van der Waals surface area contributed by atoms with Crippen molar-refractivity contribution in [3.63, 3.8) is 0 Å². The molecule has 21 heavy (non-hydrogen) atoms. The van der Waals surface area contributed by atoms with Gasteiger partial charge in [-0.25, -0.2) is 4.39 Å². The molecule has 0 atom stereocenters. The third-order valence-electron chi connectivity index (χ3n) is 2.38. The second-order valence-corrected chi connectivity index (χ2v) is 4.12. The van der Waals surface area contributed by atoms with Crippen LogP contribution in [-0.4, -0.2) is 11.3 Å².